The smallest absolute Gasteiger partial charge is 0.386 e. The fourth-order valence-electron chi connectivity index (χ4n) is 2.33. The predicted molar refractivity (Wildman–Crippen MR) is 84.3 cm³/mol. The molecule has 0 saturated carbocycles. The van der Waals surface area contributed by atoms with Crippen LogP contribution in [-0.4, -0.2) is 57.5 Å². The van der Waals surface area contributed by atoms with Crippen LogP contribution in [0.3, 0.4) is 0 Å². The second-order valence-corrected chi connectivity index (χ2v) is 6.92. The molecule has 1 saturated heterocycles. The molecule has 2 radical (unpaired) electrons. The third kappa shape index (κ3) is 3.47. The normalized spacial score (nSPS) is 33.1. The van der Waals surface area contributed by atoms with Crippen molar-refractivity contribution in [2.24, 2.45) is 0 Å². The number of fused-ring (bicyclic) bond motifs is 1. The van der Waals surface area contributed by atoms with Gasteiger partial charge in [0.2, 0.25) is 0 Å². The van der Waals surface area contributed by atoms with Crippen LogP contribution in [-0.2, 0) is 13.8 Å². The van der Waals surface area contributed by atoms with Gasteiger partial charge in [-0.3, -0.25) is 0 Å². The van der Waals surface area contributed by atoms with Crippen LogP contribution in [0.4, 0.5) is 5.82 Å². The molecule has 1 aliphatic rings. The highest BCUT2D eigenvalue weighted by Crippen LogP contribution is 2.52. The third-order valence-electron chi connectivity index (χ3n) is 3.44. The molecule has 0 spiro atoms. The number of hydrogen-bond acceptors (Lipinski definition) is 8. The van der Waals surface area contributed by atoms with Gasteiger partial charge >= 0.3 is 15.4 Å². The van der Waals surface area contributed by atoms with E-state index in [4.69, 9.17) is 27.1 Å². The zero-order valence-corrected chi connectivity index (χ0v) is 13.3. The largest absolute Gasteiger partial charge is 0.488 e. The highest BCUT2D eigenvalue weighted by Gasteiger charge is 2.39. The molecule has 1 unspecified atom stereocenters. The molecule has 2 aromatic rings. The van der Waals surface area contributed by atoms with Crippen molar-refractivity contribution >= 4 is 32.2 Å². The minimum Gasteiger partial charge on any atom is -0.386 e. The lowest BCUT2D eigenvalue weighted by Gasteiger charge is -2.25. The molecule has 122 valence electrons. The summed E-state index contributed by atoms with van der Waals surface area (Å²) in [4.78, 5) is 17.9. The van der Waals surface area contributed by atoms with Gasteiger partial charge in [-0.25, -0.2) is 14.9 Å². The Hall–Kier alpha value is -1.29. The maximum absolute atomic E-state index is 10.4. The van der Waals surface area contributed by atoms with Crippen molar-refractivity contribution in [1.82, 2.24) is 14.5 Å². The van der Waals surface area contributed by atoms with E-state index in [9.17, 15) is 10.00 Å². The molecule has 0 aliphatic carbocycles. The summed E-state index contributed by atoms with van der Waals surface area (Å²) in [5.74, 6) is 0.334. The Balaban J connectivity index is 1.96. The van der Waals surface area contributed by atoms with Gasteiger partial charge in [0.15, 0.2) is 6.23 Å². The zero-order valence-electron chi connectivity index (χ0n) is 12.4. The molecule has 0 amide bonds. The number of nitrogens with two attached hydrogens (primary N) is 1. The van der Waals surface area contributed by atoms with Crippen molar-refractivity contribution in [3.05, 3.63) is 18.6 Å². The Kier molecular flexibility index (Phi) is 4.55. The van der Waals surface area contributed by atoms with Crippen LogP contribution in [0.5, 0.6) is 0 Å². The molecule has 9 nitrogen and oxygen atoms in total. The minimum absolute atomic E-state index is 0.0281. The van der Waals surface area contributed by atoms with Gasteiger partial charge in [-0.2, -0.15) is 9.05 Å². The lowest BCUT2D eigenvalue weighted by Crippen LogP contribution is -2.32. The molecule has 11 heteroatoms. The van der Waals surface area contributed by atoms with Crippen LogP contribution >= 0.6 is 7.82 Å². The molecule has 23 heavy (non-hydrogen) atoms. The molecule has 3 rings (SSSR count). The molecule has 1 fully saturated rings. The summed E-state index contributed by atoms with van der Waals surface area (Å²) in [6.45, 7) is 1.51. The Morgan fingerprint density at radius 3 is 2.91 bits per heavy atom. The van der Waals surface area contributed by atoms with Gasteiger partial charge < -0.3 is 20.1 Å². The summed E-state index contributed by atoms with van der Waals surface area (Å²) in [5.41, 5.74) is 6.34. The summed E-state index contributed by atoms with van der Waals surface area (Å²) < 4.78 is 17.7. The van der Waals surface area contributed by atoms with Crippen molar-refractivity contribution in [3.63, 3.8) is 0 Å². The van der Waals surface area contributed by atoms with Gasteiger partial charge in [0.25, 0.3) is 0 Å². The van der Waals surface area contributed by atoms with Gasteiger partial charge in [-0.15, -0.1) is 0 Å². The second kappa shape index (κ2) is 6.31. The standard InChI is InChI=1S/C12H17BN4O5P/c1-7-4-20-23(13,19)21-5-9(18)12(22-7)17-3-2-8-10(14)15-6-16-11(8)17/h2-3,6-7,9,12,18-19H,4-5H2,1H3,(H2,14,15,16)/q+1/t7-,9-,12+,23?/m0/s1. The third-order valence-corrected chi connectivity index (χ3v) is 4.48. The number of aromatic nitrogens is 3. The molecule has 4 atom stereocenters. The molecular weight excluding hydrogens is 322 g/mol. The SMILES string of the molecule is [B][P+]1(O)OC[C@H](C)O[C@@H](n2ccc3c(N)ncnc32)[C@@H](O)CO1. The first-order valence-corrected chi connectivity index (χ1v) is 8.62. The van der Waals surface area contributed by atoms with Crippen LogP contribution in [0.1, 0.15) is 13.2 Å². The van der Waals surface area contributed by atoms with Crippen LogP contribution < -0.4 is 5.73 Å². The van der Waals surface area contributed by atoms with E-state index in [2.05, 4.69) is 9.97 Å². The van der Waals surface area contributed by atoms with E-state index in [1.165, 1.54) is 6.33 Å². The fourth-order valence-corrected chi connectivity index (χ4v) is 3.19. The number of aliphatic hydroxyl groups is 1. The predicted octanol–water partition coefficient (Wildman–Crippen LogP) is 0.163. The second-order valence-electron chi connectivity index (χ2n) is 5.28. The van der Waals surface area contributed by atoms with Gasteiger partial charge in [0.05, 0.1) is 11.5 Å². The van der Waals surface area contributed by atoms with Crippen molar-refractivity contribution in [3.8, 4) is 0 Å². The first-order valence-electron chi connectivity index (χ1n) is 6.97. The number of nitrogens with zero attached hydrogens (tertiary/aromatic N) is 3. The van der Waals surface area contributed by atoms with Crippen molar-refractivity contribution < 1.29 is 23.8 Å². The van der Waals surface area contributed by atoms with Crippen molar-refractivity contribution in [1.29, 1.82) is 0 Å². The Morgan fingerprint density at radius 1 is 1.39 bits per heavy atom. The summed E-state index contributed by atoms with van der Waals surface area (Å²) in [7, 11) is 2.06. The summed E-state index contributed by atoms with van der Waals surface area (Å²) >= 11 is 0. The monoisotopic (exact) mass is 339 g/mol. The topological polar surface area (TPSA) is 125 Å². The Labute approximate surface area is 134 Å². The van der Waals surface area contributed by atoms with Crippen LogP contribution in [0.2, 0.25) is 0 Å². The van der Waals surface area contributed by atoms with Crippen molar-refractivity contribution in [2.45, 2.75) is 25.4 Å². The lowest BCUT2D eigenvalue weighted by molar-refractivity contribution is -0.120. The number of anilines is 1. The van der Waals surface area contributed by atoms with Crippen molar-refractivity contribution in [2.75, 3.05) is 18.9 Å². The highest BCUT2D eigenvalue weighted by molar-refractivity contribution is 7.85. The Bertz CT molecular complexity index is 699. The zero-order chi connectivity index (χ0) is 16.6. The minimum atomic E-state index is -3.46. The van der Waals surface area contributed by atoms with Gasteiger partial charge in [0.1, 0.15) is 37.1 Å². The van der Waals surface area contributed by atoms with E-state index in [1.807, 2.05) is 0 Å². The van der Waals surface area contributed by atoms with E-state index in [0.29, 0.717) is 16.9 Å². The van der Waals surface area contributed by atoms with E-state index >= 15 is 0 Å². The summed E-state index contributed by atoms with van der Waals surface area (Å²) in [6, 6.07) is 1.74. The number of aliphatic hydroxyl groups excluding tert-OH is 1. The molecule has 0 bridgehead atoms. The van der Waals surface area contributed by atoms with E-state index < -0.39 is 26.3 Å². The average Bonchev–Trinajstić information content (AvgIpc) is 2.94. The highest BCUT2D eigenvalue weighted by atomic mass is 31.2. The Morgan fingerprint density at radius 2 is 2.13 bits per heavy atom. The maximum atomic E-state index is 10.4. The summed E-state index contributed by atoms with van der Waals surface area (Å²) in [6.07, 6.45) is 0.685. The number of rotatable bonds is 1. The van der Waals surface area contributed by atoms with Crippen LogP contribution in [0, 0.1) is 0 Å². The van der Waals surface area contributed by atoms with Crippen LogP contribution in [0.15, 0.2) is 18.6 Å². The molecular formula is C12H17BN4O5P+. The van der Waals surface area contributed by atoms with Crippen LogP contribution in [0.25, 0.3) is 11.0 Å². The molecule has 3 heterocycles. The quantitative estimate of drug-likeness (QED) is 0.496. The van der Waals surface area contributed by atoms with E-state index in [0.717, 1.165) is 0 Å². The van der Waals surface area contributed by atoms with E-state index in [1.54, 1.807) is 23.8 Å². The van der Waals surface area contributed by atoms with E-state index in [-0.39, 0.29) is 13.2 Å². The number of hydrogen-bond donors (Lipinski definition) is 3. The lowest BCUT2D eigenvalue weighted by atomic mass is 10.3. The average molecular weight is 339 g/mol. The maximum Gasteiger partial charge on any atom is 0.488 e. The first-order chi connectivity index (χ1) is 10.9. The molecule has 1 aliphatic heterocycles. The van der Waals surface area contributed by atoms with Gasteiger partial charge in [0, 0.05) is 6.20 Å². The van der Waals surface area contributed by atoms with Gasteiger partial charge in [-0.05, 0) is 13.0 Å². The molecule has 2 aromatic heterocycles. The first kappa shape index (κ1) is 16.6. The summed E-state index contributed by atoms with van der Waals surface area (Å²) in [5, 5.41) is 11.0. The van der Waals surface area contributed by atoms with Gasteiger partial charge in [-0.1, -0.05) is 0 Å². The number of ether oxygens (including phenoxy) is 1. The molecule has 0 aromatic carbocycles. The molecule has 4 N–H and O–H groups in total. The number of nitrogen functional groups attached to an aromatic ring is 1. The fraction of sp³-hybridized carbons (Fsp3) is 0.500.